The van der Waals surface area contributed by atoms with Gasteiger partial charge in [-0.15, -0.1) is 0 Å². The molecular formula is C29H46N6O. The van der Waals surface area contributed by atoms with Crippen LogP contribution in [0.2, 0.25) is 0 Å². The summed E-state index contributed by atoms with van der Waals surface area (Å²) in [7, 11) is 2.20. The van der Waals surface area contributed by atoms with Crippen LogP contribution in [0.15, 0.2) is 36.7 Å². The predicted octanol–water partition coefficient (Wildman–Crippen LogP) is 3.02. The maximum atomic E-state index is 9.66. The third-order valence-corrected chi connectivity index (χ3v) is 7.90. The predicted molar refractivity (Wildman–Crippen MR) is 146 cm³/mol. The molecule has 4 rings (SSSR count). The lowest BCUT2D eigenvalue weighted by molar-refractivity contribution is 0.0493. The molecule has 7 nitrogen and oxygen atoms in total. The number of hydrogen-bond acceptors (Lipinski definition) is 7. The van der Waals surface area contributed by atoms with Gasteiger partial charge < -0.3 is 10.0 Å². The SMILES string of the molecule is CC(C)c1ccc(CN2CCN(CCO)C(CC(C)c3ccc(CN4CCN(C)CC4)cn3)C2)cn1. The Morgan fingerprint density at radius 2 is 1.44 bits per heavy atom. The number of β-amino-alcohol motifs (C(OH)–C–C–N with tert-alkyl or cyclic N) is 1. The zero-order valence-corrected chi connectivity index (χ0v) is 22.8. The first-order valence-electron chi connectivity index (χ1n) is 13.8. The minimum absolute atomic E-state index is 0.213. The highest BCUT2D eigenvalue weighted by Crippen LogP contribution is 2.25. The molecule has 0 bridgehead atoms. The maximum Gasteiger partial charge on any atom is 0.0558 e. The smallest absolute Gasteiger partial charge is 0.0558 e. The summed E-state index contributed by atoms with van der Waals surface area (Å²) >= 11 is 0. The monoisotopic (exact) mass is 494 g/mol. The topological polar surface area (TPSA) is 59.0 Å². The fourth-order valence-electron chi connectivity index (χ4n) is 5.49. The summed E-state index contributed by atoms with van der Waals surface area (Å²) in [5, 5.41) is 9.66. The first-order chi connectivity index (χ1) is 17.4. The molecule has 2 aromatic heterocycles. The van der Waals surface area contributed by atoms with Gasteiger partial charge in [-0.05, 0) is 48.6 Å². The van der Waals surface area contributed by atoms with Crippen LogP contribution >= 0.6 is 0 Å². The van der Waals surface area contributed by atoms with Crippen molar-refractivity contribution in [1.29, 1.82) is 0 Å². The van der Waals surface area contributed by atoms with Crippen molar-refractivity contribution in [3.05, 3.63) is 59.2 Å². The summed E-state index contributed by atoms with van der Waals surface area (Å²) < 4.78 is 0. The Balaban J connectivity index is 1.33. The lowest BCUT2D eigenvalue weighted by Gasteiger charge is -2.42. The molecule has 2 saturated heterocycles. The van der Waals surface area contributed by atoms with Gasteiger partial charge in [0.2, 0.25) is 0 Å². The Morgan fingerprint density at radius 3 is 2.03 bits per heavy atom. The fourth-order valence-corrected chi connectivity index (χ4v) is 5.49. The van der Waals surface area contributed by atoms with Gasteiger partial charge in [-0.25, -0.2) is 0 Å². The van der Waals surface area contributed by atoms with Gasteiger partial charge in [0, 0.05) is 95.3 Å². The minimum atomic E-state index is 0.213. The molecule has 0 aromatic carbocycles. The number of aliphatic hydroxyl groups excluding tert-OH is 1. The van der Waals surface area contributed by atoms with Crippen molar-refractivity contribution >= 4 is 0 Å². The molecule has 0 aliphatic carbocycles. The number of aliphatic hydroxyl groups is 1. The average molecular weight is 495 g/mol. The van der Waals surface area contributed by atoms with Crippen molar-refractivity contribution in [2.45, 2.75) is 58.2 Å². The van der Waals surface area contributed by atoms with Crippen LogP contribution in [0.1, 0.15) is 61.5 Å². The van der Waals surface area contributed by atoms with Crippen LogP contribution < -0.4 is 0 Å². The molecule has 2 aliphatic rings. The highest BCUT2D eigenvalue weighted by molar-refractivity contribution is 5.18. The molecule has 2 fully saturated rings. The van der Waals surface area contributed by atoms with E-state index in [-0.39, 0.29) is 6.61 Å². The highest BCUT2D eigenvalue weighted by Gasteiger charge is 2.28. The second kappa shape index (κ2) is 13.1. The first kappa shape index (κ1) is 27.1. The van der Waals surface area contributed by atoms with E-state index in [0.29, 0.717) is 17.9 Å². The van der Waals surface area contributed by atoms with E-state index < -0.39 is 0 Å². The van der Waals surface area contributed by atoms with E-state index in [0.717, 1.165) is 77.6 Å². The number of rotatable bonds is 10. The van der Waals surface area contributed by atoms with E-state index in [9.17, 15) is 5.11 Å². The molecule has 0 amide bonds. The third-order valence-electron chi connectivity index (χ3n) is 7.90. The lowest BCUT2D eigenvalue weighted by atomic mass is 9.94. The molecule has 0 spiro atoms. The molecule has 1 N–H and O–H groups in total. The van der Waals surface area contributed by atoms with Crippen LogP contribution in [0.4, 0.5) is 0 Å². The Bertz CT molecular complexity index is 910. The van der Waals surface area contributed by atoms with Crippen LogP contribution in [-0.2, 0) is 13.1 Å². The average Bonchev–Trinajstić information content (AvgIpc) is 2.88. The van der Waals surface area contributed by atoms with Gasteiger partial charge in [0.05, 0.1) is 6.61 Å². The van der Waals surface area contributed by atoms with Crippen LogP contribution in [0.5, 0.6) is 0 Å². The van der Waals surface area contributed by atoms with E-state index in [2.05, 4.69) is 82.9 Å². The van der Waals surface area contributed by atoms with E-state index in [1.54, 1.807) is 0 Å². The Hall–Kier alpha value is -1.90. The highest BCUT2D eigenvalue weighted by atomic mass is 16.3. The molecular weight excluding hydrogens is 448 g/mol. The van der Waals surface area contributed by atoms with Crippen molar-refractivity contribution < 1.29 is 5.11 Å². The Morgan fingerprint density at radius 1 is 0.833 bits per heavy atom. The zero-order valence-electron chi connectivity index (χ0n) is 22.8. The standard InChI is InChI=1S/C29H46N6O/c1-23(2)28-7-5-26(18-30-28)21-34-13-14-35(15-16-36)27(22-34)17-24(3)29-8-6-25(19-31-29)20-33-11-9-32(4)10-12-33/h5-8,18-19,23-24,27,36H,9-17,20-22H2,1-4H3. The quantitative estimate of drug-likeness (QED) is 0.545. The van der Waals surface area contributed by atoms with Crippen molar-refractivity contribution in [3.63, 3.8) is 0 Å². The van der Waals surface area contributed by atoms with Crippen molar-refractivity contribution in [2.24, 2.45) is 0 Å². The van der Waals surface area contributed by atoms with E-state index in [4.69, 9.17) is 4.98 Å². The van der Waals surface area contributed by atoms with E-state index in [1.165, 1.54) is 16.8 Å². The summed E-state index contributed by atoms with van der Waals surface area (Å²) in [4.78, 5) is 19.5. The van der Waals surface area contributed by atoms with Crippen LogP contribution in [0, 0.1) is 0 Å². The van der Waals surface area contributed by atoms with Gasteiger partial charge in [0.25, 0.3) is 0 Å². The molecule has 0 radical (unpaired) electrons. The van der Waals surface area contributed by atoms with Crippen LogP contribution in [0.25, 0.3) is 0 Å². The molecule has 198 valence electrons. The Labute approximate surface area is 218 Å². The zero-order chi connectivity index (χ0) is 25.5. The molecule has 2 atom stereocenters. The second-order valence-corrected chi connectivity index (χ2v) is 11.2. The molecule has 7 heteroatoms. The lowest BCUT2D eigenvalue weighted by Crippen LogP contribution is -2.53. The number of aromatic nitrogens is 2. The van der Waals surface area contributed by atoms with E-state index in [1.807, 2.05) is 6.20 Å². The number of hydrogen-bond donors (Lipinski definition) is 1. The first-order valence-corrected chi connectivity index (χ1v) is 13.8. The summed E-state index contributed by atoms with van der Waals surface area (Å²) in [5.41, 5.74) is 4.91. The Kier molecular flexibility index (Phi) is 9.85. The van der Waals surface area contributed by atoms with Crippen LogP contribution in [0.3, 0.4) is 0 Å². The molecule has 36 heavy (non-hydrogen) atoms. The number of piperazine rings is 2. The van der Waals surface area contributed by atoms with Gasteiger partial charge in [-0.1, -0.05) is 32.9 Å². The summed E-state index contributed by atoms with van der Waals surface area (Å²) in [6.45, 7) is 17.1. The maximum absolute atomic E-state index is 9.66. The molecule has 2 aromatic rings. The van der Waals surface area contributed by atoms with Gasteiger partial charge in [0.15, 0.2) is 0 Å². The molecule has 2 unspecified atom stereocenters. The van der Waals surface area contributed by atoms with Crippen LogP contribution in [-0.4, -0.2) is 107 Å². The minimum Gasteiger partial charge on any atom is -0.395 e. The van der Waals surface area contributed by atoms with Gasteiger partial charge in [-0.2, -0.15) is 0 Å². The van der Waals surface area contributed by atoms with Gasteiger partial charge >= 0.3 is 0 Å². The third kappa shape index (κ3) is 7.56. The summed E-state index contributed by atoms with van der Waals surface area (Å²) in [5.74, 6) is 0.835. The van der Waals surface area contributed by atoms with Crippen molar-refractivity contribution in [2.75, 3.05) is 66.0 Å². The summed E-state index contributed by atoms with van der Waals surface area (Å²) in [6, 6.07) is 9.31. The number of nitrogens with zero attached hydrogens (tertiary/aromatic N) is 6. The number of likely N-dealkylation sites (N-methyl/N-ethyl adjacent to an activating group) is 1. The molecule has 4 heterocycles. The largest absolute Gasteiger partial charge is 0.395 e. The molecule has 0 saturated carbocycles. The number of pyridine rings is 2. The van der Waals surface area contributed by atoms with Crippen molar-refractivity contribution in [3.8, 4) is 0 Å². The van der Waals surface area contributed by atoms with Gasteiger partial charge in [-0.3, -0.25) is 24.7 Å². The normalized spacial score (nSPS) is 21.8. The van der Waals surface area contributed by atoms with E-state index >= 15 is 0 Å². The van der Waals surface area contributed by atoms with Gasteiger partial charge in [0.1, 0.15) is 0 Å². The molecule has 2 aliphatic heterocycles. The second-order valence-electron chi connectivity index (χ2n) is 11.2. The summed E-state index contributed by atoms with van der Waals surface area (Å²) in [6.07, 6.45) is 5.17. The fraction of sp³-hybridized carbons (Fsp3) is 0.655. The van der Waals surface area contributed by atoms with Crippen molar-refractivity contribution in [1.82, 2.24) is 29.6 Å².